The Kier molecular flexibility index (Phi) is 7.83. The Bertz CT molecular complexity index is 658. The van der Waals surface area contributed by atoms with Crippen LogP contribution < -0.4 is 15.5 Å². The van der Waals surface area contributed by atoms with Gasteiger partial charge in [-0.05, 0) is 37.6 Å². The van der Waals surface area contributed by atoms with Crippen LogP contribution in [0.1, 0.15) is 37.0 Å². The fraction of sp³-hybridized carbons (Fsp3) is 0.467. The van der Waals surface area contributed by atoms with E-state index in [9.17, 15) is 18.0 Å². The Balaban J connectivity index is 2.53. The predicted molar refractivity (Wildman–Crippen MR) is 88.6 cm³/mol. The molecule has 3 N–H and O–H groups in total. The quantitative estimate of drug-likeness (QED) is 0.559. The van der Waals surface area contributed by atoms with E-state index >= 15 is 0 Å². The van der Waals surface area contributed by atoms with Crippen LogP contribution >= 0.6 is 0 Å². The van der Waals surface area contributed by atoms with Crippen LogP contribution in [0.4, 0.5) is 0 Å². The van der Waals surface area contributed by atoms with Crippen molar-refractivity contribution in [2.75, 3.05) is 13.7 Å². The molecular formula is C15H23N3O5S. The molecule has 1 aromatic carbocycles. The zero-order valence-electron chi connectivity index (χ0n) is 14.0. The van der Waals surface area contributed by atoms with Crippen LogP contribution in [0, 0.1) is 0 Å². The molecule has 24 heavy (non-hydrogen) atoms. The summed E-state index contributed by atoms with van der Waals surface area (Å²) in [5.41, 5.74) is 0.300. The summed E-state index contributed by atoms with van der Waals surface area (Å²) in [6.07, 6.45) is 1.02. The predicted octanol–water partition coefficient (Wildman–Crippen LogP) is 0.561. The zero-order chi connectivity index (χ0) is 18.2. The number of hydrogen-bond donors (Lipinski definition) is 3. The molecule has 134 valence electrons. The van der Waals surface area contributed by atoms with Crippen molar-refractivity contribution in [3.05, 3.63) is 29.8 Å². The van der Waals surface area contributed by atoms with Gasteiger partial charge < -0.3 is 10.6 Å². The van der Waals surface area contributed by atoms with Crippen LogP contribution in [-0.2, 0) is 19.7 Å². The second-order valence-electron chi connectivity index (χ2n) is 5.20. The van der Waals surface area contributed by atoms with Crippen LogP contribution in [0.5, 0.6) is 0 Å². The molecule has 1 atom stereocenters. The highest BCUT2D eigenvalue weighted by molar-refractivity contribution is 7.89. The van der Waals surface area contributed by atoms with Gasteiger partial charge in [-0.3, -0.25) is 14.4 Å². The fourth-order valence-electron chi connectivity index (χ4n) is 1.78. The number of sulfonamides is 1. The second-order valence-corrected chi connectivity index (χ2v) is 6.84. The topological polar surface area (TPSA) is 114 Å². The molecule has 1 unspecified atom stereocenters. The van der Waals surface area contributed by atoms with Crippen LogP contribution in [0.25, 0.3) is 0 Å². The maximum Gasteiger partial charge on any atom is 0.262 e. The number of nitrogens with one attached hydrogen (secondary N) is 3. The Morgan fingerprint density at radius 3 is 2.38 bits per heavy atom. The molecule has 0 aliphatic rings. The van der Waals surface area contributed by atoms with Gasteiger partial charge in [-0.2, -0.15) is 0 Å². The summed E-state index contributed by atoms with van der Waals surface area (Å²) in [5, 5.41) is 5.42. The zero-order valence-corrected chi connectivity index (χ0v) is 14.8. The molecular weight excluding hydrogens is 334 g/mol. The molecule has 1 rings (SSSR count). The van der Waals surface area contributed by atoms with Crippen molar-refractivity contribution in [3.8, 4) is 0 Å². The lowest BCUT2D eigenvalue weighted by Gasteiger charge is -2.11. The van der Waals surface area contributed by atoms with Crippen molar-refractivity contribution >= 4 is 21.8 Å². The molecule has 0 heterocycles. The summed E-state index contributed by atoms with van der Waals surface area (Å²) in [7, 11) is -2.56. The Morgan fingerprint density at radius 1 is 1.21 bits per heavy atom. The molecule has 0 saturated heterocycles. The molecule has 9 heteroatoms. The van der Waals surface area contributed by atoms with Gasteiger partial charge in [-0.1, -0.05) is 11.8 Å². The highest BCUT2D eigenvalue weighted by Crippen LogP contribution is 2.10. The number of hydrogen-bond acceptors (Lipinski definition) is 5. The molecule has 0 aromatic heterocycles. The third-order valence-electron chi connectivity index (χ3n) is 3.28. The van der Waals surface area contributed by atoms with E-state index in [1.165, 1.54) is 31.4 Å². The van der Waals surface area contributed by atoms with Crippen molar-refractivity contribution < 1.29 is 22.8 Å². The van der Waals surface area contributed by atoms with Crippen molar-refractivity contribution in [3.63, 3.8) is 0 Å². The van der Waals surface area contributed by atoms with Crippen molar-refractivity contribution in [1.29, 1.82) is 0 Å². The smallest absolute Gasteiger partial charge is 0.262 e. The van der Waals surface area contributed by atoms with Gasteiger partial charge in [0.2, 0.25) is 5.91 Å². The lowest BCUT2D eigenvalue weighted by molar-refractivity contribution is -0.121. The maximum absolute atomic E-state index is 12.0. The van der Waals surface area contributed by atoms with Crippen molar-refractivity contribution in [1.82, 2.24) is 15.5 Å². The van der Waals surface area contributed by atoms with Gasteiger partial charge in [-0.25, -0.2) is 8.42 Å². The first-order chi connectivity index (χ1) is 11.3. The largest absolute Gasteiger partial charge is 0.354 e. The van der Waals surface area contributed by atoms with Crippen molar-refractivity contribution in [2.24, 2.45) is 0 Å². The normalized spacial score (nSPS) is 12.5. The molecule has 8 nitrogen and oxygen atoms in total. The van der Waals surface area contributed by atoms with Gasteiger partial charge in [-0.15, -0.1) is 0 Å². The third-order valence-corrected chi connectivity index (χ3v) is 4.56. The summed E-state index contributed by atoms with van der Waals surface area (Å²) in [4.78, 5) is 29.8. The molecule has 0 aliphatic heterocycles. The van der Waals surface area contributed by atoms with Crippen molar-refractivity contribution in [2.45, 2.75) is 37.6 Å². The van der Waals surface area contributed by atoms with E-state index in [0.717, 1.165) is 6.42 Å². The number of benzene rings is 1. The van der Waals surface area contributed by atoms with E-state index in [1.807, 2.05) is 18.7 Å². The summed E-state index contributed by atoms with van der Waals surface area (Å²) in [6.45, 7) is 4.08. The Morgan fingerprint density at radius 2 is 1.83 bits per heavy atom. The SMILES string of the molecule is CCC(C)NC(=O)CCNC(=O)c1ccc(S(=O)(=O)NOC)cc1. The van der Waals surface area contributed by atoms with E-state index in [-0.39, 0.29) is 35.7 Å². The minimum atomic E-state index is -3.75. The van der Waals surface area contributed by atoms with Gasteiger partial charge in [0, 0.05) is 24.6 Å². The van der Waals surface area contributed by atoms with Crippen LogP contribution in [0.2, 0.25) is 0 Å². The third kappa shape index (κ3) is 6.26. The van der Waals surface area contributed by atoms with Crippen LogP contribution in [0.15, 0.2) is 29.2 Å². The number of rotatable bonds is 9. The lowest BCUT2D eigenvalue weighted by Crippen LogP contribution is -2.35. The fourth-order valence-corrected chi connectivity index (χ4v) is 2.59. The van der Waals surface area contributed by atoms with Gasteiger partial charge >= 0.3 is 0 Å². The second kappa shape index (κ2) is 9.36. The number of amides is 2. The van der Waals surface area contributed by atoms with Gasteiger partial charge in [0.1, 0.15) is 0 Å². The molecule has 0 spiro atoms. The van der Waals surface area contributed by atoms with Crippen LogP contribution in [-0.4, -0.2) is 39.9 Å². The Labute approximate surface area is 142 Å². The van der Waals surface area contributed by atoms with Gasteiger partial charge in [0.15, 0.2) is 0 Å². The molecule has 0 aliphatic carbocycles. The highest BCUT2D eigenvalue weighted by Gasteiger charge is 2.14. The van der Waals surface area contributed by atoms with E-state index < -0.39 is 10.0 Å². The van der Waals surface area contributed by atoms with E-state index in [4.69, 9.17) is 0 Å². The first-order valence-electron chi connectivity index (χ1n) is 7.52. The Hall–Kier alpha value is -1.97. The number of carbonyl (C=O) groups is 2. The monoisotopic (exact) mass is 357 g/mol. The molecule has 1 aromatic rings. The van der Waals surface area contributed by atoms with Crippen LogP contribution in [0.3, 0.4) is 0 Å². The van der Waals surface area contributed by atoms with E-state index in [1.54, 1.807) is 0 Å². The minimum absolute atomic E-state index is 0.0196. The number of carbonyl (C=O) groups excluding carboxylic acids is 2. The molecule has 0 saturated carbocycles. The molecule has 2 amide bonds. The first kappa shape index (κ1) is 20.1. The average Bonchev–Trinajstić information content (AvgIpc) is 2.54. The summed E-state index contributed by atoms with van der Waals surface area (Å²) >= 11 is 0. The lowest BCUT2D eigenvalue weighted by atomic mass is 10.2. The van der Waals surface area contributed by atoms with Gasteiger partial charge in [0.05, 0.1) is 12.0 Å². The summed E-state index contributed by atoms with van der Waals surface area (Å²) < 4.78 is 23.4. The molecule has 0 radical (unpaired) electrons. The van der Waals surface area contributed by atoms with Gasteiger partial charge in [0.25, 0.3) is 15.9 Å². The standard InChI is InChI=1S/C15H23N3O5S/c1-4-11(2)17-14(19)9-10-16-15(20)12-5-7-13(8-6-12)24(21,22)18-23-3/h5-8,11,18H,4,9-10H2,1-3H3,(H,16,20)(H,17,19). The molecule has 0 fully saturated rings. The minimum Gasteiger partial charge on any atom is -0.354 e. The first-order valence-corrected chi connectivity index (χ1v) is 9.01. The summed E-state index contributed by atoms with van der Waals surface area (Å²) in [5.74, 6) is -0.508. The maximum atomic E-state index is 12.0. The summed E-state index contributed by atoms with van der Waals surface area (Å²) in [6, 6.07) is 5.47. The average molecular weight is 357 g/mol. The van der Waals surface area contributed by atoms with E-state index in [0.29, 0.717) is 5.56 Å². The van der Waals surface area contributed by atoms with E-state index in [2.05, 4.69) is 15.5 Å². The molecule has 0 bridgehead atoms. The highest BCUT2D eigenvalue weighted by atomic mass is 32.2.